The van der Waals surface area contributed by atoms with Crippen LogP contribution in [0.5, 0.6) is 0 Å². The largest absolute Gasteiger partial charge is 0.371 e. The Hall–Kier alpha value is -0.860. The van der Waals surface area contributed by atoms with Crippen LogP contribution in [0.4, 0.5) is 0 Å². The number of nitrogens with one attached hydrogen (secondary N) is 1. The van der Waals surface area contributed by atoms with Gasteiger partial charge in [0.05, 0.1) is 12.2 Å². The Kier molecular flexibility index (Phi) is 6.22. The molecule has 0 atom stereocenters. The van der Waals surface area contributed by atoms with E-state index in [1.54, 1.807) is 0 Å². The molecule has 2 nitrogen and oxygen atoms in total. The fraction of sp³-hybridized carbons (Fsp3) is 0.667. The molecule has 0 saturated heterocycles. The lowest BCUT2D eigenvalue weighted by molar-refractivity contribution is -0.0316. The third kappa shape index (κ3) is 7.06. The number of benzene rings is 1. The van der Waals surface area contributed by atoms with E-state index in [9.17, 15) is 0 Å². The molecular weight excluding hydrogens is 246 g/mol. The maximum Gasteiger partial charge on any atom is 0.0724 e. The molecule has 2 heteroatoms. The summed E-state index contributed by atoms with van der Waals surface area (Å²) in [6.45, 7) is 14.7. The molecule has 0 fully saturated rings. The van der Waals surface area contributed by atoms with Gasteiger partial charge in [-0.15, -0.1) is 0 Å². The Balaban J connectivity index is 2.40. The zero-order valence-electron chi connectivity index (χ0n) is 14.0. The highest BCUT2D eigenvalue weighted by molar-refractivity contribution is 5.22. The maximum absolute atomic E-state index is 5.92. The summed E-state index contributed by atoms with van der Waals surface area (Å²) < 4.78 is 5.92. The summed E-state index contributed by atoms with van der Waals surface area (Å²) in [4.78, 5) is 0. The van der Waals surface area contributed by atoms with Gasteiger partial charge >= 0.3 is 0 Å². The number of hydrogen-bond donors (Lipinski definition) is 1. The average Bonchev–Trinajstić information content (AvgIpc) is 2.36. The van der Waals surface area contributed by atoms with E-state index in [0.717, 1.165) is 19.4 Å². The molecule has 114 valence electrons. The smallest absolute Gasteiger partial charge is 0.0724 e. The molecule has 0 amide bonds. The van der Waals surface area contributed by atoms with Crippen LogP contribution in [0.15, 0.2) is 24.3 Å². The van der Waals surface area contributed by atoms with Gasteiger partial charge in [0.25, 0.3) is 0 Å². The first-order chi connectivity index (χ1) is 9.22. The molecule has 0 radical (unpaired) electrons. The third-order valence-corrected chi connectivity index (χ3v) is 3.57. The lowest BCUT2D eigenvalue weighted by Crippen LogP contribution is -2.37. The Morgan fingerprint density at radius 3 is 2.00 bits per heavy atom. The molecule has 1 aromatic carbocycles. The molecule has 0 aliphatic heterocycles. The van der Waals surface area contributed by atoms with E-state index < -0.39 is 0 Å². The molecule has 0 aliphatic carbocycles. The first-order valence-electron chi connectivity index (χ1n) is 7.69. The average molecular weight is 277 g/mol. The predicted octanol–water partition coefficient (Wildman–Crippen LogP) is 4.32. The van der Waals surface area contributed by atoms with Crippen molar-refractivity contribution in [2.45, 2.75) is 72.1 Å². The van der Waals surface area contributed by atoms with Gasteiger partial charge in [0.1, 0.15) is 0 Å². The summed E-state index contributed by atoms with van der Waals surface area (Å²) in [6.07, 6.45) is 2.10. The van der Waals surface area contributed by atoms with Crippen LogP contribution in [0, 0.1) is 0 Å². The van der Waals surface area contributed by atoms with Crippen LogP contribution in [0.2, 0.25) is 0 Å². The van der Waals surface area contributed by atoms with Gasteiger partial charge in [-0.25, -0.2) is 0 Å². The summed E-state index contributed by atoms with van der Waals surface area (Å²) in [5.74, 6) is 0. The molecule has 0 heterocycles. The van der Waals surface area contributed by atoms with Crippen molar-refractivity contribution in [3.05, 3.63) is 35.4 Å². The Labute approximate surface area is 124 Å². The van der Waals surface area contributed by atoms with Crippen molar-refractivity contribution in [2.24, 2.45) is 0 Å². The van der Waals surface area contributed by atoms with Gasteiger partial charge in [0.2, 0.25) is 0 Å². The fourth-order valence-corrected chi connectivity index (χ4v) is 1.76. The van der Waals surface area contributed by atoms with Crippen molar-refractivity contribution in [3.8, 4) is 0 Å². The van der Waals surface area contributed by atoms with Gasteiger partial charge in [0, 0.05) is 5.54 Å². The SMILES string of the molecule is CCC(C)(C)OCc1ccc(CCNC(C)(C)C)cc1. The van der Waals surface area contributed by atoms with Crippen molar-refractivity contribution in [3.63, 3.8) is 0 Å². The topological polar surface area (TPSA) is 21.3 Å². The Morgan fingerprint density at radius 1 is 0.950 bits per heavy atom. The Morgan fingerprint density at radius 2 is 1.50 bits per heavy atom. The normalized spacial score (nSPS) is 12.7. The van der Waals surface area contributed by atoms with Gasteiger partial charge in [-0.1, -0.05) is 31.2 Å². The molecule has 0 saturated carbocycles. The van der Waals surface area contributed by atoms with E-state index in [1.165, 1.54) is 11.1 Å². The highest BCUT2D eigenvalue weighted by atomic mass is 16.5. The van der Waals surface area contributed by atoms with Crippen molar-refractivity contribution in [1.82, 2.24) is 5.32 Å². The van der Waals surface area contributed by atoms with Crippen LogP contribution in [0.1, 0.15) is 59.1 Å². The summed E-state index contributed by atoms with van der Waals surface area (Å²) in [5.41, 5.74) is 2.79. The van der Waals surface area contributed by atoms with Crippen LogP contribution in [-0.4, -0.2) is 17.7 Å². The summed E-state index contributed by atoms with van der Waals surface area (Å²) in [7, 11) is 0. The quantitative estimate of drug-likeness (QED) is 0.801. The molecule has 0 bridgehead atoms. The van der Waals surface area contributed by atoms with Crippen LogP contribution in [0.3, 0.4) is 0 Å². The van der Waals surface area contributed by atoms with Gasteiger partial charge in [-0.3, -0.25) is 0 Å². The standard InChI is InChI=1S/C18H31NO/c1-7-18(5,6)20-14-16-10-8-15(9-11-16)12-13-19-17(2,3)4/h8-11,19H,7,12-14H2,1-6H3. The second-order valence-electron chi connectivity index (χ2n) is 7.15. The monoisotopic (exact) mass is 277 g/mol. The molecule has 0 unspecified atom stereocenters. The minimum absolute atomic E-state index is 0.0324. The van der Waals surface area contributed by atoms with Gasteiger partial charge < -0.3 is 10.1 Å². The number of rotatable bonds is 7. The molecule has 1 rings (SSSR count). The van der Waals surface area contributed by atoms with Crippen LogP contribution in [0.25, 0.3) is 0 Å². The highest BCUT2D eigenvalue weighted by Crippen LogP contribution is 2.16. The fourth-order valence-electron chi connectivity index (χ4n) is 1.76. The molecule has 0 aliphatic rings. The van der Waals surface area contributed by atoms with E-state index in [2.05, 4.69) is 71.1 Å². The molecular formula is C18H31NO. The van der Waals surface area contributed by atoms with Gasteiger partial charge in [-0.2, -0.15) is 0 Å². The zero-order valence-corrected chi connectivity index (χ0v) is 14.0. The molecule has 0 aromatic heterocycles. The van der Waals surface area contributed by atoms with Gasteiger partial charge in [-0.05, 0) is 65.1 Å². The number of hydrogen-bond acceptors (Lipinski definition) is 2. The summed E-state index contributed by atoms with van der Waals surface area (Å²) in [5, 5.41) is 3.51. The van der Waals surface area contributed by atoms with Crippen molar-refractivity contribution >= 4 is 0 Å². The van der Waals surface area contributed by atoms with Crippen LogP contribution < -0.4 is 5.32 Å². The van der Waals surface area contributed by atoms with E-state index in [4.69, 9.17) is 4.74 Å². The molecule has 1 N–H and O–H groups in total. The molecule has 0 spiro atoms. The lowest BCUT2D eigenvalue weighted by Gasteiger charge is -2.23. The van der Waals surface area contributed by atoms with Crippen LogP contribution in [-0.2, 0) is 17.8 Å². The third-order valence-electron chi connectivity index (χ3n) is 3.57. The summed E-state index contributed by atoms with van der Waals surface area (Å²) in [6, 6.07) is 8.78. The molecule has 1 aromatic rings. The van der Waals surface area contributed by atoms with E-state index in [1.807, 2.05) is 0 Å². The van der Waals surface area contributed by atoms with E-state index >= 15 is 0 Å². The second-order valence-corrected chi connectivity index (χ2v) is 7.15. The number of ether oxygens (including phenoxy) is 1. The summed E-state index contributed by atoms with van der Waals surface area (Å²) >= 11 is 0. The first-order valence-corrected chi connectivity index (χ1v) is 7.69. The lowest BCUT2D eigenvalue weighted by atomic mass is 10.1. The van der Waals surface area contributed by atoms with E-state index in [-0.39, 0.29) is 11.1 Å². The zero-order chi connectivity index (χ0) is 15.2. The van der Waals surface area contributed by atoms with Crippen LogP contribution >= 0.6 is 0 Å². The first kappa shape index (κ1) is 17.2. The van der Waals surface area contributed by atoms with Crippen molar-refractivity contribution < 1.29 is 4.74 Å². The minimum Gasteiger partial charge on any atom is -0.371 e. The predicted molar refractivity (Wildman–Crippen MR) is 87.1 cm³/mol. The van der Waals surface area contributed by atoms with E-state index in [0.29, 0.717) is 6.61 Å². The maximum atomic E-state index is 5.92. The minimum atomic E-state index is -0.0324. The Bertz CT molecular complexity index is 387. The highest BCUT2D eigenvalue weighted by Gasteiger charge is 2.15. The van der Waals surface area contributed by atoms with Gasteiger partial charge in [0.15, 0.2) is 0 Å². The second kappa shape index (κ2) is 7.24. The van der Waals surface area contributed by atoms with Crippen molar-refractivity contribution in [1.29, 1.82) is 0 Å². The molecule has 20 heavy (non-hydrogen) atoms. The van der Waals surface area contributed by atoms with Crippen molar-refractivity contribution in [2.75, 3.05) is 6.54 Å².